The lowest BCUT2D eigenvalue weighted by Crippen LogP contribution is -2.59. The Bertz CT molecular complexity index is 2840. The first kappa shape index (κ1) is 60.0. The lowest BCUT2D eigenvalue weighted by molar-refractivity contribution is 0.0641. The molecular formula is C56H69F5N6O8. The monoisotopic (exact) mass is 1050 g/mol. The highest BCUT2D eigenvalue weighted by Gasteiger charge is 2.38. The highest BCUT2D eigenvalue weighted by Crippen LogP contribution is 2.27. The third kappa shape index (κ3) is 16.2. The lowest BCUT2D eigenvalue weighted by Gasteiger charge is -2.44. The maximum absolute atomic E-state index is 14.1. The van der Waals surface area contributed by atoms with Crippen LogP contribution in [0.1, 0.15) is 128 Å². The van der Waals surface area contributed by atoms with Crippen LogP contribution < -0.4 is 36.0 Å². The summed E-state index contributed by atoms with van der Waals surface area (Å²) in [7, 11) is -1.00. The summed E-state index contributed by atoms with van der Waals surface area (Å²) in [5, 5.41) is 6.78. The first-order valence-electron chi connectivity index (χ1n) is 25.1. The summed E-state index contributed by atoms with van der Waals surface area (Å²) in [6.45, 7) is 26.7. The minimum absolute atomic E-state index is 0.00381. The molecule has 2 unspecified atom stereocenters. The van der Waals surface area contributed by atoms with E-state index in [0.29, 0.717) is 18.9 Å². The number of allylic oxidation sites excluding steroid dienone is 2. The number of ketones is 1. The quantitative estimate of drug-likeness (QED) is 0.0285. The maximum atomic E-state index is 14.1. The van der Waals surface area contributed by atoms with E-state index in [4.69, 9.17) is 10.8 Å². The summed E-state index contributed by atoms with van der Waals surface area (Å²) >= 11 is 0. The van der Waals surface area contributed by atoms with E-state index in [2.05, 4.69) is 36.9 Å². The van der Waals surface area contributed by atoms with Crippen LogP contribution in [0.25, 0.3) is 0 Å². The van der Waals surface area contributed by atoms with Gasteiger partial charge in [0.2, 0.25) is 10.9 Å². The minimum Gasteiger partial charge on any atom is -0.487 e. The smallest absolute Gasteiger partial charge is 0.278 e. The van der Waals surface area contributed by atoms with Gasteiger partial charge in [-0.2, -0.15) is 0 Å². The van der Waals surface area contributed by atoms with Crippen LogP contribution in [0.4, 0.5) is 22.0 Å². The fourth-order valence-electron chi connectivity index (χ4n) is 7.32. The van der Waals surface area contributed by atoms with Gasteiger partial charge in [0.15, 0.2) is 23.0 Å². The van der Waals surface area contributed by atoms with Crippen molar-refractivity contribution in [2.45, 2.75) is 105 Å². The second kappa shape index (κ2) is 30.0. The number of hydrogen-bond donors (Lipinski definition) is 2. The van der Waals surface area contributed by atoms with E-state index in [0.717, 1.165) is 31.0 Å². The number of halogens is 5. The Kier molecular flexibility index (Phi) is 24.0. The van der Waals surface area contributed by atoms with Gasteiger partial charge in [0.25, 0.3) is 17.7 Å². The number of Topliss-reactive ketones (excluding diaryl/α,β-unsaturated/α-hetero) is 1. The Labute approximate surface area is 436 Å². The van der Waals surface area contributed by atoms with Crippen LogP contribution >= 0.6 is 0 Å². The van der Waals surface area contributed by atoms with E-state index >= 15 is 0 Å². The number of benzene rings is 2. The van der Waals surface area contributed by atoms with Gasteiger partial charge in [-0.05, 0) is 50.7 Å². The minimum atomic E-state index is -1.00. The third-order valence-electron chi connectivity index (χ3n) is 12.0. The number of nitrogens with one attached hydrogen (secondary N) is 2. The molecule has 3 amide bonds. The first-order chi connectivity index (χ1) is 36.2. The number of alkyl halides is 1. The molecule has 14 nitrogen and oxygen atoms in total. The molecule has 2 N–H and O–H groups in total. The highest BCUT2D eigenvalue weighted by molar-refractivity contribution is 6.01. The number of carbonyl (C=O) groups is 4. The second-order valence-electron chi connectivity index (χ2n) is 17.7. The number of aromatic nitrogens is 2. The topological polar surface area (TPSA) is 161 Å². The zero-order valence-electron chi connectivity index (χ0n) is 44.5. The van der Waals surface area contributed by atoms with E-state index in [1.807, 2.05) is 41.5 Å². The summed E-state index contributed by atoms with van der Waals surface area (Å²) in [4.78, 5) is 81.4. The Hall–Kier alpha value is -7.57. The molecule has 75 heavy (non-hydrogen) atoms. The van der Waals surface area contributed by atoms with Crippen molar-refractivity contribution in [1.82, 2.24) is 24.8 Å². The van der Waals surface area contributed by atoms with Gasteiger partial charge in [0, 0.05) is 67.8 Å². The largest absolute Gasteiger partial charge is 0.487 e. The molecule has 0 saturated heterocycles. The summed E-state index contributed by atoms with van der Waals surface area (Å²) in [5.74, 6) is -6.02. The number of rotatable bonds is 25. The predicted octanol–water partition coefficient (Wildman–Crippen LogP) is 9.77. The molecule has 406 valence electrons. The van der Waals surface area contributed by atoms with Crippen molar-refractivity contribution in [3.8, 4) is 11.5 Å². The molecule has 0 spiro atoms. The number of ether oxygens (including phenoxy) is 2. The van der Waals surface area contributed by atoms with Crippen molar-refractivity contribution in [2.24, 2.45) is 11.8 Å². The molecule has 1 aliphatic heterocycles. The summed E-state index contributed by atoms with van der Waals surface area (Å²) in [6.07, 6.45) is 12.3. The van der Waals surface area contributed by atoms with Crippen molar-refractivity contribution >= 4 is 23.5 Å². The van der Waals surface area contributed by atoms with Gasteiger partial charge in [-0.3, -0.25) is 42.8 Å². The standard InChI is InChI=1S/C28H34F2N2O4.C27H32F2N4O4.CH3F/c1-6-9-12-36-27-25(24(33)13-18(4)7-2)32(16-19(5)8-3)17-22(26(27)34)28(35)31-15-20-10-11-21(29)14-23(20)30;1-6-9-12-37-25-23-27(36)31(17(4)7-2)16-33(18(5)8-3)32(23)15-21(24(25)34)26(35)30-14-19-10-11-20(28)13-22(19)29;1-2/h7-8,10-11,14,17-19H,2-3,6,9,12-13,15-16H2,1,4-5H3,(H,31,35);7-8,10-11,13,15,17-18H,2-3,6,9,12,14,16H2,1,4-5H3,(H,30,35);1H3/t18-,19?;17-,18?;/m00./s1/i;;1D. The summed E-state index contributed by atoms with van der Waals surface area (Å²) in [6, 6.07) is 5.39. The van der Waals surface area contributed by atoms with Crippen LogP contribution in [0.2, 0.25) is 0 Å². The van der Waals surface area contributed by atoms with Gasteiger partial charge < -0.3 is 29.6 Å². The predicted molar refractivity (Wildman–Crippen MR) is 281 cm³/mol. The number of unbranched alkanes of at least 4 members (excludes halogenated alkanes) is 2. The van der Waals surface area contributed by atoms with Crippen molar-refractivity contribution < 1.29 is 52.0 Å². The molecule has 19 heteroatoms. The first-order valence-corrected chi connectivity index (χ1v) is 24.4. The Morgan fingerprint density at radius 2 is 1.20 bits per heavy atom. The fraction of sp³-hybridized carbons (Fsp3) is 0.393. The van der Waals surface area contributed by atoms with Gasteiger partial charge >= 0.3 is 0 Å². The number of amides is 3. The van der Waals surface area contributed by atoms with Crippen LogP contribution in [0.15, 0.2) is 109 Å². The Morgan fingerprint density at radius 1 is 0.720 bits per heavy atom. The zero-order valence-corrected chi connectivity index (χ0v) is 43.5. The lowest BCUT2D eigenvalue weighted by atomic mass is 10.0. The molecule has 4 aromatic rings. The summed E-state index contributed by atoms with van der Waals surface area (Å²) in [5.41, 5.74) is -1.79. The van der Waals surface area contributed by atoms with Crippen LogP contribution in [-0.2, 0) is 19.6 Å². The molecule has 5 rings (SSSR count). The van der Waals surface area contributed by atoms with Crippen LogP contribution in [-0.4, -0.2) is 76.8 Å². The third-order valence-corrected chi connectivity index (χ3v) is 12.0. The van der Waals surface area contributed by atoms with Gasteiger partial charge in [-0.15, -0.1) is 26.3 Å². The number of carbonyl (C=O) groups excluding carboxylic acids is 4. The van der Waals surface area contributed by atoms with Crippen molar-refractivity contribution in [1.29, 1.82) is 0 Å². The molecule has 3 heterocycles. The fourth-order valence-corrected chi connectivity index (χ4v) is 7.32. The van der Waals surface area contributed by atoms with Crippen molar-refractivity contribution in [2.75, 3.05) is 32.0 Å². The van der Waals surface area contributed by atoms with Gasteiger partial charge in [-0.25, -0.2) is 17.6 Å². The molecule has 4 atom stereocenters. The van der Waals surface area contributed by atoms with Crippen molar-refractivity contribution in [3.63, 3.8) is 0 Å². The van der Waals surface area contributed by atoms with Crippen molar-refractivity contribution in [3.05, 3.63) is 177 Å². The molecule has 0 saturated carbocycles. The van der Waals surface area contributed by atoms with Gasteiger partial charge in [0.05, 0.1) is 27.8 Å². The van der Waals surface area contributed by atoms with E-state index in [-0.39, 0.29) is 121 Å². The summed E-state index contributed by atoms with van der Waals surface area (Å²) < 4.78 is 84.6. The van der Waals surface area contributed by atoms with E-state index in [9.17, 15) is 50.7 Å². The number of pyridine rings is 2. The molecule has 2 aromatic carbocycles. The maximum Gasteiger partial charge on any atom is 0.278 e. The highest BCUT2D eigenvalue weighted by atomic mass is 19.1. The van der Waals surface area contributed by atoms with Crippen LogP contribution in [0.3, 0.4) is 0 Å². The van der Waals surface area contributed by atoms with Gasteiger partial charge in [0.1, 0.15) is 46.8 Å². The molecule has 0 aliphatic carbocycles. The van der Waals surface area contributed by atoms with Crippen LogP contribution in [0, 0.1) is 35.1 Å². The SMILES string of the molecule is C=CC(C)Cn1cc(C(=O)NCc2ccc(F)cc2F)c(=O)c(OCCCC)c1C(=O)C[C@@H](C)C=C.C=CC(C)N1CN([C@@H](C)C=C)C(=O)c2c(OCCCC)c(=O)c(C(=O)NCc3ccc(F)cc3F)cn21.[2H]CF. The normalized spacial score (nSPS) is 13.4. The number of fused-ring (bicyclic) bond motifs is 1. The average molecular weight is 1050 g/mol. The van der Waals surface area contributed by atoms with Crippen LogP contribution in [0.5, 0.6) is 11.5 Å². The Morgan fingerprint density at radius 3 is 1.67 bits per heavy atom. The molecule has 0 bridgehead atoms. The molecule has 0 radical (unpaired) electrons. The van der Waals surface area contributed by atoms with E-state index in [1.165, 1.54) is 29.2 Å². The van der Waals surface area contributed by atoms with Gasteiger partial charge in [-0.1, -0.05) is 77.0 Å². The molecule has 1 aliphatic rings. The number of hydrogen-bond acceptors (Lipinski definition) is 9. The molecule has 0 fully saturated rings. The second-order valence-corrected chi connectivity index (χ2v) is 17.7. The zero-order chi connectivity index (χ0) is 56.8. The molecule has 2 aromatic heterocycles. The Balaban J connectivity index is 0.000000381. The van der Waals surface area contributed by atoms with E-state index in [1.54, 1.807) is 38.8 Å². The van der Waals surface area contributed by atoms with E-state index < -0.39 is 59.0 Å². The number of nitrogens with zero attached hydrogens (tertiary/aromatic N) is 4. The molecular weight excluding hydrogens is 980 g/mol. The average Bonchev–Trinajstić information content (AvgIpc) is 3.39.